The molecule has 3 rings (SSSR count). The molecule has 1 aromatic rings. The second-order valence-electron chi connectivity index (χ2n) is 4.95. The van der Waals surface area contributed by atoms with Crippen LogP contribution in [0.15, 0.2) is 10.9 Å². The summed E-state index contributed by atoms with van der Waals surface area (Å²) in [5.74, 6) is 1.18. The summed E-state index contributed by atoms with van der Waals surface area (Å²) in [6.07, 6.45) is 2.21. The molecule has 1 aromatic heterocycles. The van der Waals surface area contributed by atoms with E-state index in [0.29, 0.717) is 18.3 Å². The van der Waals surface area contributed by atoms with Crippen LogP contribution in [0.4, 0.5) is 0 Å². The largest absolute Gasteiger partial charge is 0.368 e. The van der Waals surface area contributed by atoms with Crippen molar-refractivity contribution < 1.29 is 4.74 Å². The van der Waals surface area contributed by atoms with E-state index >= 15 is 0 Å². The van der Waals surface area contributed by atoms with Gasteiger partial charge in [-0.05, 0) is 19.9 Å². The Morgan fingerprint density at radius 1 is 1.53 bits per heavy atom. The van der Waals surface area contributed by atoms with E-state index in [9.17, 15) is 4.79 Å². The minimum Gasteiger partial charge on any atom is -0.368 e. The number of rotatable bonds is 2. The summed E-state index contributed by atoms with van der Waals surface area (Å²) < 4.78 is 5.67. The highest BCUT2D eigenvalue weighted by Crippen LogP contribution is 2.38. The summed E-state index contributed by atoms with van der Waals surface area (Å²) >= 11 is 0. The third-order valence-corrected chi connectivity index (χ3v) is 3.35. The second kappa shape index (κ2) is 4.23. The van der Waals surface area contributed by atoms with E-state index in [4.69, 9.17) is 4.74 Å². The Labute approximate surface area is 99.8 Å². The number of aromatic nitrogens is 2. The first-order valence-electron chi connectivity index (χ1n) is 6.13. The minimum absolute atomic E-state index is 0.0614. The molecule has 92 valence electrons. The SMILES string of the molecule is CN1CCOC(c2nc(C3CC3)cc(=O)[nH]2)C1. The fourth-order valence-corrected chi connectivity index (χ4v) is 2.18. The molecule has 1 aliphatic heterocycles. The van der Waals surface area contributed by atoms with Gasteiger partial charge < -0.3 is 14.6 Å². The first kappa shape index (κ1) is 10.9. The summed E-state index contributed by atoms with van der Waals surface area (Å²) in [4.78, 5) is 21.1. The third-order valence-electron chi connectivity index (χ3n) is 3.35. The van der Waals surface area contributed by atoms with E-state index in [2.05, 4.69) is 21.9 Å². The van der Waals surface area contributed by atoms with Crippen molar-refractivity contribution in [2.24, 2.45) is 0 Å². The zero-order chi connectivity index (χ0) is 11.8. The molecule has 1 N–H and O–H groups in total. The van der Waals surface area contributed by atoms with Gasteiger partial charge in [0.15, 0.2) is 0 Å². The molecule has 17 heavy (non-hydrogen) atoms. The molecule has 0 bridgehead atoms. The van der Waals surface area contributed by atoms with Crippen molar-refractivity contribution in [3.05, 3.63) is 27.9 Å². The Balaban J connectivity index is 1.88. The topological polar surface area (TPSA) is 58.2 Å². The molecule has 1 saturated carbocycles. The number of aromatic amines is 1. The zero-order valence-corrected chi connectivity index (χ0v) is 9.98. The van der Waals surface area contributed by atoms with E-state index in [1.165, 1.54) is 0 Å². The van der Waals surface area contributed by atoms with Gasteiger partial charge in [0.1, 0.15) is 11.9 Å². The molecule has 1 aliphatic carbocycles. The number of morpholine rings is 1. The van der Waals surface area contributed by atoms with Crippen molar-refractivity contribution in [3.63, 3.8) is 0 Å². The van der Waals surface area contributed by atoms with Crippen LogP contribution < -0.4 is 5.56 Å². The van der Waals surface area contributed by atoms with Crippen LogP contribution in [-0.2, 0) is 4.74 Å². The molecule has 5 nitrogen and oxygen atoms in total. The maximum absolute atomic E-state index is 11.6. The van der Waals surface area contributed by atoms with Gasteiger partial charge in [0.2, 0.25) is 0 Å². The normalized spacial score (nSPS) is 26.1. The van der Waals surface area contributed by atoms with Crippen LogP contribution in [0.25, 0.3) is 0 Å². The maximum atomic E-state index is 11.6. The highest BCUT2D eigenvalue weighted by atomic mass is 16.5. The quantitative estimate of drug-likeness (QED) is 0.817. The van der Waals surface area contributed by atoms with E-state index in [0.717, 1.165) is 31.6 Å². The number of hydrogen-bond donors (Lipinski definition) is 1. The van der Waals surface area contributed by atoms with Crippen LogP contribution in [0.2, 0.25) is 0 Å². The summed E-state index contributed by atoms with van der Waals surface area (Å²) in [5.41, 5.74) is 0.870. The van der Waals surface area contributed by atoms with Gasteiger partial charge in [-0.3, -0.25) is 4.79 Å². The standard InChI is InChI=1S/C12H17N3O2/c1-15-4-5-17-10(7-15)12-13-9(8-2-3-8)6-11(16)14-12/h6,8,10H,2-5,7H2,1H3,(H,13,14,16). The molecule has 0 amide bonds. The van der Waals surface area contributed by atoms with Crippen LogP contribution in [-0.4, -0.2) is 41.6 Å². The highest BCUT2D eigenvalue weighted by molar-refractivity contribution is 5.15. The fraction of sp³-hybridized carbons (Fsp3) is 0.667. The average molecular weight is 235 g/mol. The third kappa shape index (κ3) is 2.40. The smallest absolute Gasteiger partial charge is 0.251 e. The predicted octanol–water partition coefficient (Wildman–Crippen LogP) is 0.650. The summed E-state index contributed by atoms with van der Waals surface area (Å²) in [7, 11) is 2.05. The zero-order valence-electron chi connectivity index (χ0n) is 9.98. The molecule has 1 atom stereocenters. The summed E-state index contributed by atoms with van der Waals surface area (Å²) in [6.45, 7) is 2.42. The van der Waals surface area contributed by atoms with Gasteiger partial charge in [-0.2, -0.15) is 0 Å². The molecule has 0 spiro atoms. The van der Waals surface area contributed by atoms with Crippen LogP contribution in [0.3, 0.4) is 0 Å². The molecule has 2 aliphatic rings. The van der Waals surface area contributed by atoms with Crippen LogP contribution in [0.5, 0.6) is 0 Å². The molecule has 1 saturated heterocycles. The maximum Gasteiger partial charge on any atom is 0.251 e. The van der Waals surface area contributed by atoms with Crippen molar-refractivity contribution in [1.82, 2.24) is 14.9 Å². The van der Waals surface area contributed by atoms with Crippen LogP contribution in [0, 0.1) is 0 Å². The lowest BCUT2D eigenvalue weighted by Gasteiger charge is -2.29. The molecular formula is C12H17N3O2. The molecule has 1 unspecified atom stereocenters. The fourth-order valence-electron chi connectivity index (χ4n) is 2.18. The van der Waals surface area contributed by atoms with Gasteiger partial charge in [-0.1, -0.05) is 0 Å². The van der Waals surface area contributed by atoms with Crippen molar-refractivity contribution in [2.45, 2.75) is 24.9 Å². The Hall–Kier alpha value is -1.20. The lowest BCUT2D eigenvalue weighted by Crippen LogP contribution is -2.36. The highest BCUT2D eigenvalue weighted by Gasteiger charge is 2.28. The van der Waals surface area contributed by atoms with Crippen molar-refractivity contribution in [1.29, 1.82) is 0 Å². The van der Waals surface area contributed by atoms with E-state index < -0.39 is 0 Å². The average Bonchev–Trinajstić information content (AvgIpc) is 3.12. The second-order valence-corrected chi connectivity index (χ2v) is 4.95. The first-order valence-corrected chi connectivity index (χ1v) is 6.13. The number of nitrogens with zero attached hydrogens (tertiary/aromatic N) is 2. The number of hydrogen-bond acceptors (Lipinski definition) is 4. The van der Waals surface area contributed by atoms with E-state index in [-0.39, 0.29) is 11.7 Å². The Morgan fingerprint density at radius 3 is 3.06 bits per heavy atom. The summed E-state index contributed by atoms with van der Waals surface area (Å²) in [5, 5.41) is 0. The molecule has 5 heteroatoms. The van der Waals surface area contributed by atoms with E-state index in [1.54, 1.807) is 6.07 Å². The molecular weight excluding hydrogens is 218 g/mol. The van der Waals surface area contributed by atoms with Gasteiger partial charge in [-0.15, -0.1) is 0 Å². The first-order chi connectivity index (χ1) is 8.22. The molecule has 2 fully saturated rings. The number of ether oxygens (including phenoxy) is 1. The molecule has 0 aromatic carbocycles. The summed E-state index contributed by atoms with van der Waals surface area (Å²) in [6, 6.07) is 1.62. The Morgan fingerprint density at radius 2 is 2.35 bits per heavy atom. The number of likely N-dealkylation sites (N-methyl/N-ethyl adjacent to an activating group) is 1. The van der Waals surface area contributed by atoms with Crippen molar-refractivity contribution >= 4 is 0 Å². The van der Waals surface area contributed by atoms with Crippen molar-refractivity contribution in [2.75, 3.05) is 26.7 Å². The van der Waals surface area contributed by atoms with Gasteiger partial charge >= 0.3 is 0 Å². The molecule has 0 radical (unpaired) electrons. The lowest BCUT2D eigenvalue weighted by molar-refractivity contribution is -0.0257. The molecule has 2 heterocycles. The van der Waals surface area contributed by atoms with Gasteiger partial charge in [0.25, 0.3) is 5.56 Å². The number of H-pyrrole nitrogens is 1. The lowest BCUT2D eigenvalue weighted by atomic mass is 10.2. The Bertz CT molecular complexity index is 467. The minimum atomic E-state index is -0.0971. The number of nitrogens with one attached hydrogen (secondary N) is 1. The predicted molar refractivity (Wildman–Crippen MR) is 63.0 cm³/mol. The van der Waals surface area contributed by atoms with Crippen molar-refractivity contribution in [3.8, 4) is 0 Å². The van der Waals surface area contributed by atoms with Gasteiger partial charge in [0, 0.05) is 25.1 Å². The monoisotopic (exact) mass is 235 g/mol. The van der Waals surface area contributed by atoms with Crippen LogP contribution in [0.1, 0.15) is 36.4 Å². The van der Waals surface area contributed by atoms with E-state index in [1.807, 2.05) is 0 Å². The van der Waals surface area contributed by atoms with Gasteiger partial charge in [0.05, 0.1) is 12.3 Å². The Kier molecular flexibility index (Phi) is 2.72. The van der Waals surface area contributed by atoms with Gasteiger partial charge in [-0.25, -0.2) is 4.98 Å². The van der Waals surface area contributed by atoms with Crippen LogP contribution >= 0.6 is 0 Å².